The summed E-state index contributed by atoms with van der Waals surface area (Å²) in [6.45, 7) is 4.79. The predicted molar refractivity (Wildman–Crippen MR) is 149 cm³/mol. The van der Waals surface area contributed by atoms with E-state index in [0.717, 1.165) is 35.3 Å². The number of aromatic nitrogens is 2. The lowest BCUT2D eigenvalue weighted by molar-refractivity contribution is -0.384. The van der Waals surface area contributed by atoms with Crippen LogP contribution in [0.2, 0.25) is 5.02 Å². The first kappa shape index (κ1) is 25.7. The van der Waals surface area contributed by atoms with Crippen molar-refractivity contribution in [2.45, 2.75) is 44.7 Å². The van der Waals surface area contributed by atoms with E-state index in [0.29, 0.717) is 10.8 Å². The fourth-order valence-electron chi connectivity index (χ4n) is 5.46. The Morgan fingerprint density at radius 3 is 2.53 bits per heavy atom. The second-order valence-electron chi connectivity index (χ2n) is 9.90. The van der Waals surface area contributed by atoms with Crippen molar-refractivity contribution in [1.29, 1.82) is 0 Å². The quantitative estimate of drug-likeness (QED) is 0.137. The van der Waals surface area contributed by atoms with Crippen LogP contribution in [-0.2, 0) is 6.42 Å². The van der Waals surface area contributed by atoms with Crippen LogP contribution in [0, 0.1) is 10.1 Å². The minimum absolute atomic E-state index is 0.0184. The molecule has 8 heteroatoms. The summed E-state index contributed by atoms with van der Waals surface area (Å²) in [5, 5.41) is 12.0. The molecule has 1 aromatic heterocycles. The van der Waals surface area contributed by atoms with E-state index in [-0.39, 0.29) is 35.9 Å². The van der Waals surface area contributed by atoms with Crippen LogP contribution in [0.1, 0.15) is 65.6 Å². The first-order chi connectivity index (χ1) is 18.3. The number of rotatable bonds is 8. The highest BCUT2D eigenvalue weighted by Gasteiger charge is 2.37. The van der Waals surface area contributed by atoms with Crippen molar-refractivity contribution in [1.82, 2.24) is 9.55 Å². The predicted octanol–water partition coefficient (Wildman–Crippen LogP) is 7.19. The van der Waals surface area contributed by atoms with Crippen LogP contribution < -0.4 is 4.90 Å². The SMILES string of the molecule is CC(C)n1ccnc1C(=O)C[C@H](c1ccc([N+](=O)[O-])cc1)[C@@H]1c2ccc(Cl)cc2CCN1c1ccccc1. The molecule has 194 valence electrons. The van der Waals surface area contributed by atoms with Gasteiger partial charge >= 0.3 is 0 Å². The lowest BCUT2D eigenvalue weighted by Gasteiger charge is -2.43. The third-order valence-electron chi connectivity index (χ3n) is 7.26. The number of nitrogens with zero attached hydrogens (tertiary/aromatic N) is 4. The Balaban J connectivity index is 1.65. The second kappa shape index (κ2) is 10.8. The zero-order valence-corrected chi connectivity index (χ0v) is 22.1. The van der Waals surface area contributed by atoms with Gasteiger partial charge in [-0.05, 0) is 61.2 Å². The monoisotopic (exact) mass is 528 g/mol. The molecule has 0 unspecified atom stereocenters. The summed E-state index contributed by atoms with van der Waals surface area (Å²) in [5.74, 6) is 0.0625. The van der Waals surface area contributed by atoms with E-state index in [1.165, 1.54) is 12.1 Å². The molecule has 38 heavy (non-hydrogen) atoms. The largest absolute Gasteiger partial charge is 0.364 e. The van der Waals surface area contributed by atoms with Gasteiger partial charge in [-0.3, -0.25) is 14.9 Å². The smallest absolute Gasteiger partial charge is 0.269 e. The van der Waals surface area contributed by atoms with Gasteiger partial charge in [0.2, 0.25) is 0 Å². The lowest BCUT2D eigenvalue weighted by atomic mass is 9.78. The highest BCUT2D eigenvalue weighted by atomic mass is 35.5. The molecule has 0 amide bonds. The average molecular weight is 529 g/mol. The van der Waals surface area contributed by atoms with E-state index in [4.69, 9.17) is 11.6 Å². The summed E-state index contributed by atoms with van der Waals surface area (Å²) in [6, 6.07) is 22.6. The number of carbonyl (C=O) groups is 1. The van der Waals surface area contributed by atoms with Gasteiger partial charge in [-0.1, -0.05) is 48.0 Å². The number of imidazole rings is 1. The number of ketones is 1. The van der Waals surface area contributed by atoms with Crippen LogP contribution in [0.15, 0.2) is 85.2 Å². The lowest BCUT2D eigenvalue weighted by Crippen LogP contribution is -2.39. The molecule has 0 bridgehead atoms. The Morgan fingerprint density at radius 2 is 1.84 bits per heavy atom. The number of benzene rings is 3. The van der Waals surface area contributed by atoms with Crippen molar-refractivity contribution in [3.05, 3.63) is 123 Å². The number of non-ortho nitro benzene ring substituents is 1. The number of hydrogen-bond acceptors (Lipinski definition) is 5. The van der Waals surface area contributed by atoms with Crippen LogP contribution in [0.4, 0.5) is 11.4 Å². The van der Waals surface area contributed by atoms with E-state index >= 15 is 0 Å². The summed E-state index contributed by atoms with van der Waals surface area (Å²) in [6.07, 6.45) is 4.49. The maximum absolute atomic E-state index is 13.8. The van der Waals surface area contributed by atoms with Gasteiger partial charge in [-0.15, -0.1) is 0 Å². The van der Waals surface area contributed by atoms with Crippen LogP contribution in [0.25, 0.3) is 0 Å². The number of fused-ring (bicyclic) bond motifs is 1. The summed E-state index contributed by atoms with van der Waals surface area (Å²) in [4.78, 5) is 31.5. The molecule has 0 saturated carbocycles. The number of nitro groups is 1. The molecule has 4 aromatic rings. The van der Waals surface area contributed by atoms with Crippen LogP contribution in [0.3, 0.4) is 0 Å². The number of carbonyl (C=O) groups excluding carboxylic acids is 1. The molecule has 0 saturated heterocycles. The Labute approximate surface area is 226 Å². The first-order valence-electron chi connectivity index (χ1n) is 12.7. The normalized spacial score (nSPS) is 15.8. The molecule has 2 heterocycles. The molecule has 1 aliphatic heterocycles. The number of hydrogen-bond donors (Lipinski definition) is 0. The van der Waals surface area contributed by atoms with Crippen molar-refractivity contribution < 1.29 is 9.72 Å². The minimum Gasteiger partial charge on any atom is -0.364 e. The standard InChI is InChI=1S/C30H29ClN4O3/c1-20(2)33-17-15-32-30(33)28(36)19-27(21-8-11-25(12-9-21)35(37)38)29-26-13-10-23(31)18-22(26)14-16-34(29)24-6-4-3-5-7-24/h3-13,15,17-18,20,27,29H,14,16,19H2,1-2H3/t27-,29+/m1/s1. The van der Waals surface area contributed by atoms with Crippen molar-refractivity contribution >= 4 is 28.8 Å². The third kappa shape index (κ3) is 5.07. The van der Waals surface area contributed by atoms with Gasteiger partial charge in [-0.25, -0.2) is 4.98 Å². The number of Topliss-reactive ketones (excluding diaryl/α,β-unsaturated/α-hetero) is 1. The molecule has 0 spiro atoms. The number of anilines is 1. The van der Waals surface area contributed by atoms with Crippen molar-refractivity contribution in [2.24, 2.45) is 0 Å². The fourth-order valence-corrected chi connectivity index (χ4v) is 5.66. The third-order valence-corrected chi connectivity index (χ3v) is 7.50. The van der Waals surface area contributed by atoms with Crippen molar-refractivity contribution in [2.75, 3.05) is 11.4 Å². The molecule has 0 fully saturated rings. The summed E-state index contributed by atoms with van der Waals surface area (Å²) in [7, 11) is 0. The van der Waals surface area contributed by atoms with Gasteiger partial charge in [0.25, 0.3) is 5.69 Å². The van der Waals surface area contributed by atoms with Crippen LogP contribution in [0.5, 0.6) is 0 Å². The number of para-hydroxylation sites is 1. The molecule has 3 aromatic carbocycles. The average Bonchev–Trinajstić information content (AvgIpc) is 3.42. The van der Waals surface area contributed by atoms with Crippen LogP contribution >= 0.6 is 11.6 Å². The van der Waals surface area contributed by atoms with Gasteiger partial charge in [0.05, 0.1) is 11.0 Å². The van der Waals surface area contributed by atoms with E-state index in [2.05, 4.69) is 28.1 Å². The molecule has 0 radical (unpaired) electrons. The molecular weight excluding hydrogens is 500 g/mol. The summed E-state index contributed by atoms with van der Waals surface area (Å²) < 4.78 is 1.89. The van der Waals surface area contributed by atoms with E-state index in [9.17, 15) is 14.9 Å². The number of nitro benzene ring substituents is 1. The molecule has 0 aliphatic carbocycles. The van der Waals surface area contributed by atoms with Crippen LogP contribution in [-0.4, -0.2) is 26.8 Å². The molecule has 5 rings (SSSR count). The summed E-state index contributed by atoms with van der Waals surface area (Å²) >= 11 is 6.38. The Kier molecular flexibility index (Phi) is 7.29. The van der Waals surface area contributed by atoms with E-state index in [1.807, 2.05) is 54.9 Å². The zero-order chi connectivity index (χ0) is 26.8. The van der Waals surface area contributed by atoms with Gasteiger partial charge < -0.3 is 9.47 Å². The maximum atomic E-state index is 13.8. The Morgan fingerprint density at radius 1 is 1.11 bits per heavy atom. The highest BCUT2D eigenvalue weighted by Crippen LogP contribution is 2.45. The summed E-state index contributed by atoms with van der Waals surface area (Å²) in [5.41, 5.74) is 4.19. The Bertz CT molecular complexity index is 1450. The number of halogens is 1. The maximum Gasteiger partial charge on any atom is 0.269 e. The molecular formula is C30H29ClN4O3. The van der Waals surface area contributed by atoms with Gasteiger partial charge in [0.15, 0.2) is 11.6 Å². The van der Waals surface area contributed by atoms with E-state index < -0.39 is 4.92 Å². The first-order valence-corrected chi connectivity index (χ1v) is 13.1. The van der Waals surface area contributed by atoms with Crippen molar-refractivity contribution in [3.63, 3.8) is 0 Å². The highest BCUT2D eigenvalue weighted by molar-refractivity contribution is 6.30. The molecule has 0 N–H and O–H groups in total. The second-order valence-corrected chi connectivity index (χ2v) is 10.3. The van der Waals surface area contributed by atoms with E-state index in [1.54, 1.807) is 18.3 Å². The minimum atomic E-state index is -0.405. The van der Waals surface area contributed by atoms with Crippen molar-refractivity contribution in [3.8, 4) is 0 Å². The Hall–Kier alpha value is -3.97. The zero-order valence-electron chi connectivity index (χ0n) is 21.3. The van der Waals surface area contributed by atoms with Gasteiger partial charge in [0.1, 0.15) is 0 Å². The van der Waals surface area contributed by atoms with Gasteiger partial charge in [-0.2, -0.15) is 0 Å². The molecule has 7 nitrogen and oxygen atoms in total. The molecule has 1 aliphatic rings. The fraction of sp³-hybridized carbons (Fsp3) is 0.267. The molecule has 2 atom stereocenters. The topological polar surface area (TPSA) is 81.3 Å². The van der Waals surface area contributed by atoms with Gasteiger partial charge in [0, 0.05) is 60.2 Å².